The van der Waals surface area contributed by atoms with E-state index < -0.39 is 0 Å². The van der Waals surface area contributed by atoms with Gasteiger partial charge in [0.05, 0.1) is 12.3 Å². The lowest BCUT2D eigenvalue weighted by molar-refractivity contribution is -0.149. The summed E-state index contributed by atoms with van der Waals surface area (Å²) in [4.78, 5) is 18.3. The summed E-state index contributed by atoms with van der Waals surface area (Å²) < 4.78 is 5.22. The first-order valence-corrected chi connectivity index (χ1v) is 11.2. The van der Waals surface area contributed by atoms with Crippen LogP contribution in [0.15, 0.2) is 53.4 Å². The fourth-order valence-corrected chi connectivity index (χ4v) is 5.31. The molecule has 0 aliphatic carbocycles. The normalized spacial score (nSPS) is 18.7. The maximum atomic E-state index is 12.1. The molecule has 2 aliphatic rings. The summed E-state index contributed by atoms with van der Waals surface area (Å²) in [6.45, 7) is 6.10. The standard InChI is InChI=1S/C23H28N2O2S/c1-3-27-23(26)17(2)24-14-12-19(13-15-24)25-20-9-5-4-8-18(20)16-28-22-11-7-6-10-21(22)25/h4-11,17,19H,3,12-16H2,1-2H3. The van der Waals surface area contributed by atoms with Crippen molar-refractivity contribution in [2.24, 2.45) is 0 Å². The molecule has 2 heterocycles. The molecule has 1 fully saturated rings. The van der Waals surface area contributed by atoms with E-state index in [0.29, 0.717) is 12.6 Å². The molecule has 28 heavy (non-hydrogen) atoms. The van der Waals surface area contributed by atoms with Crippen LogP contribution in [-0.2, 0) is 15.3 Å². The fourth-order valence-electron chi connectivity index (χ4n) is 4.27. The highest BCUT2D eigenvalue weighted by atomic mass is 32.2. The molecule has 1 saturated heterocycles. The molecular weight excluding hydrogens is 368 g/mol. The van der Waals surface area contributed by atoms with Gasteiger partial charge in [0.2, 0.25) is 0 Å². The number of carbonyl (C=O) groups is 1. The molecule has 2 aromatic carbocycles. The number of hydrogen-bond donors (Lipinski definition) is 0. The van der Waals surface area contributed by atoms with E-state index in [1.165, 1.54) is 21.8 Å². The lowest BCUT2D eigenvalue weighted by Gasteiger charge is -2.41. The van der Waals surface area contributed by atoms with Gasteiger partial charge in [-0.25, -0.2) is 0 Å². The average molecular weight is 397 g/mol. The Labute approximate surface area is 171 Å². The van der Waals surface area contributed by atoms with E-state index in [9.17, 15) is 4.79 Å². The van der Waals surface area contributed by atoms with Gasteiger partial charge < -0.3 is 9.64 Å². The van der Waals surface area contributed by atoms with Gasteiger partial charge in [0, 0.05) is 35.5 Å². The third-order valence-corrected chi connectivity index (χ3v) is 6.91. The molecule has 4 nitrogen and oxygen atoms in total. The number of carbonyl (C=O) groups excluding carboxylic acids is 1. The predicted molar refractivity (Wildman–Crippen MR) is 115 cm³/mol. The summed E-state index contributed by atoms with van der Waals surface area (Å²) in [6, 6.07) is 17.8. The van der Waals surface area contributed by atoms with Crippen LogP contribution < -0.4 is 4.90 Å². The van der Waals surface area contributed by atoms with Crippen LogP contribution in [0, 0.1) is 0 Å². The van der Waals surface area contributed by atoms with Gasteiger partial charge in [0.15, 0.2) is 0 Å². The van der Waals surface area contributed by atoms with Crippen molar-refractivity contribution in [3.8, 4) is 0 Å². The zero-order chi connectivity index (χ0) is 19.5. The zero-order valence-corrected chi connectivity index (χ0v) is 17.5. The number of likely N-dealkylation sites (tertiary alicyclic amines) is 1. The van der Waals surface area contributed by atoms with E-state index in [-0.39, 0.29) is 12.0 Å². The van der Waals surface area contributed by atoms with Crippen LogP contribution in [0.3, 0.4) is 0 Å². The van der Waals surface area contributed by atoms with Gasteiger partial charge >= 0.3 is 5.97 Å². The number of nitrogens with zero attached hydrogens (tertiary/aromatic N) is 2. The van der Waals surface area contributed by atoms with Crippen LogP contribution in [0.2, 0.25) is 0 Å². The molecule has 0 N–H and O–H groups in total. The van der Waals surface area contributed by atoms with Gasteiger partial charge in [-0.1, -0.05) is 30.3 Å². The van der Waals surface area contributed by atoms with E-state index in [4.69, 9.17) is 4.74 Å². The lowest BCUT2D eigenvalue weighted by Crippen LogP contribution is -2.49. The molecule has 4 rings (SSSR count). The Bertz CT molecular complexity index is 785. The van der Waals surface area contributed by atoms with Crippen molar-refractivity contribution in [2.75, 3.05) is 24.6 Å². The smallest absolute Gasteiger partial charge is 0.323 e. The van der Waals surface area contributed by atoms with Gasteiger partial charge in [0.25, 0.3) is 0 Å². The van der Waals surface area contributed by atoms with Crippen LogP contribution in [-0.4, -0.2) is 42.6 Å². The van der Waals surface area contributed by atoms with Crippen LogP contribution in [0.25, 0.3) is 0 Å². The summed E-state index contributed by atoms with van der Waals surface area (Å²) in [5, 5.41) is 0. The number of thioether (sulfide) groups is 1. The number of para-hydroxylation sites is 2. The number of piperidine rings is 1. The highest BCUT2D eigenvalue weighted by molar-refractivity contribution is 7.98. The molecule has 1 atom stereocenters. The van der Waals surface area contributed by atoms with Crippen LogP contribution in [0.5, 0.6) is 0 Å². The van der Waals surface area contributed by atoms with Crippen molar-refractivity contribution in [1.82, 2.24) is 4.90 Å². The minimum atomic E-state index is -0.167. The number of hydrogen-bond acceptors (Lipinski definition) is 5. The molecule has 148 valence electrons. The molecule has 2 aromatic rings. The Hall–Kier alpha value is -1.98. The largest absolute Gasteiger partial charge is 0.465 e. The maximum Gasteiger partial charge on any atom is 0.323 e. The first-order valence-electron chi connectivity index (χ1n) is 10.2. The molecule has 0 amide bonds. The van der Waals surface area contributed by atoms with Gasteiger partial charge in [0.1, 0.15) is 6.04 Å². The first-order chi connectivity index (χ1) is 13.7. The Morgan fingerprint density at radius 3 is 2.54 bits per heavy atom. The maximum absolute atomic E-state index is 12.1. The molecule has 0 saturated carbocycles. The Morgan fingerprint density at radius 2 is 1.79 bits per heavy atom. The summed E-state index contributed by atoms with van der Waals surface area (Å²) in [5.74, 6) is 0.894. The van der Waals surface area contributed by atoms with Crippen molar-refractivity contribution < 1.29 is 9.53 Å². The number of fused-ring (bicyclic) bond motifs is 2. The molecule has 1 unspecified atom stereocenters. The molecule has 0 radical (unpaired) electrons. The van der Waals surface area contributed by atoms with E-state index in [1.54, 1.807) is 0 Å². The molecule has 5 heteroatoms. The number of benzene rings is 2. The van der Waals surface area contributed by atoms with E-state index in [2.05, 4.69) is 58.3 Å². The molecular formula is C23H28N2O2S. The number of anilines is 2. The quantitative estimate of drug-likeness (QED) is 0.690. The number of rotatable bonds is 4. The van der Waals surface area contributed by atoms with E-state index >= 15 is 0 Å². The van der Waals surface area contributed by atoms with Crippen molar-refractivity contribution in [3.05, 3.63) is 54.1 Å². The van der Waals surface area contributed by atoms with Crippen LogP contribution in [0.4, 0.5) is 11.4 Å². The summed E-state index contributed by atoms with van der Waals surface area (Å²) in [6.07, 6.45) is 2.08. The van der Waals surface area contributed by atoms with Gasteiger partial charge in [-0.3, -0.25) is 9.69 Å². The van der Waals surface area contributed by atoms with Crippen molar-refractivity contribution in [3.63, 3.8) is 0 Å². The van der Waals surface area contributed by atoms with Crippen molar-refractivity contribution >= 4 is 29.1 Å². The molecule has 0 aromatic heterocycles. The van der Waals surface area contributed by atoms with E-state index in [1.807, 2.05) is 25.6 Å². The zero-order valence-electron chi connectivity index (χ0n) is 16.6. The molecule has 2 aliphatic heterocycles. The third-order valence-electron chi connectivity index (χ3n) is 5.80. The van der Waals surface area contributed by atoms with Gasteiger partial charge in [-0.05, 0) is 50.5 Å². The SMILES string of the molecule is CCOC(=O)C(C)N1CCC(N2c3ccccc3CSc3ccccc32)CC1. The molecule has 0 spiro atoms. The summed E-state index contributed by atoms with van der Waals surface area (Å²) in [5.41, 5.74) is 4.04. The highest BCUT2D eigenvalue weighted by Crippen LogP contribution is 2.44. The first kappa shape index (κ1) is 19.3. The predicted octanol–water partition coefficient (Wildman–Crippen LogP) is 4.85. The minimum Gasteiger partial charge on any atom is -0.465 e. The summed E-state index contributed by atoms with van der Waals surface area (Å²) in [7, 11) is 0. The third kappa shape index (κ3) is 3.78. The monoisotopic (exact) mass is 396 g/mol. The lowest BCUT2D eigenvalue weighted by atomic mass is 9.99. The Kier molecular flexibility index (Phi) is 5.93. The topological polar surface area (TPSA) is 32.8 Å². The molecule has 0 bridgehead atoms. The van der Waals surface area contributed by atoms with Crippen molar-refractivity contribution in [2.45, 2.75) is 49.4 Å². The highest BCUT2D eigenvalue weighted by Gasteiger charge is 2.33. The van der Waals surface area contributed by atoms with E-state index in [0.717, 1.165) is 31.7 Å². The average Bonchev–Trinajstić information content (AvgIpc) is 2.90. The van der Waals surface area contributed by atoms with Gasteiger partial charge in [-0.15, -0.1) is 11.8 Å². The second-order valence-electron chi connectivity index (χ2n) is 7.45. The second kappa shape index (κ2) is 8.58. The Morgan fingerprint density at radius 1 is 1.11 bits per heavy atom. The summed E-state index contributed by atoms with van der Waals surface area (Å²) >= 11 is 1.92. The van der Waals surface area contributed by atoms with Crippen molar-refractivity contribution in [1.29, 1.82) is 0 Å². The number of esters is 1. The Balaban J connectivity index is 1.57. The van der Waals surface area contributed by atoms with Gasteiger partial charge in [-0.2, -0.15) is 0 Å². The minimum absolute atomic E-state index is 0.109. The van der Waals surface area contributed by atoms with Crippen LogP contribution in [0.1, 0.15) is 32.3 Å². The number of ether oxygens (including phenoxy) is 1. The van der Waals surface area contributed by atoms with Crippen LogP contribution >= 0.6 is 11.8 Å². The fraction of sp³-hybridized carbons (Fsp3) is 0.435. The second-order valence-corrected chi connectivity index (χ2v) is 8.47.